The third kappa shape index (κ3) is 7.90. The van der Waals surface area contributed by atoms with Crippen molar-refractivity contribution >= 4 is 33.3 Å². The summed E-state index contributed by atoms with van der Waals surface area (Å²) in [4.78, 5) is 22.7. The predicted octanol–water partition coefficient (Wildman–Crippen LogP) is 4.07. The molecular formula is C23H27F3N2O8S. The van der Waals surface area contributed by atoms with Gasteiger partial charge in [0, 0.05) is 24.8 Å². The Hall–Kier alpha value is -3.68. The molecule has 1 fully saturated rings. The number of benzene rings is 2. The zero-order chi connectivity index (χ0) is 28.0. The molecule has 10 nitrogen and oxygen atoms in total. The number of aromatic carboxylic acids is 1. The first kappa shape index (κ1) is 29.5. The van der Waals surface area contributed by atoms with E-state index in [9.17, 15) is 31.5 Å². The smallest absolute Gasteiger partial charge is 0.490 e. The van der Waals surface area contributed by atoms with Gasteiger partial charge in [-0.1, -0.05) is 6.92 Å². The van der Waals surface area contributed by atoms with Crippen LogP contribution in [0.4, 0.5) is 24.5 Å². The van der Waals surface area contributed by atoms with Crippen molar-refractivity contribution in [2.24, 2.45) is 5.92 Å². The Balaban J connectivity index is 0.000000604. The topological polar surface area (TPSA) is 142 Å². The number of rotatable bonds is 7. The lowest BCUT2D eigenvalue weighted by atomic mass is 9.98. The van der Waals surface area contributed by atoms with Gasteiger partial charge >= 0.3 is 18.1 Å². The van der Waals surface area contributed by atoms with E-state index in [1.165, 1.54) is 32.4 Å². The molecule has 0 spiro atoms. The van der Waals surface area contributed by atoms with Crippen LogP contribution in [-0.4, -0.2) is 64.1 Å². The molecule has 14 heteroatoms. The number of methoxy groups -OCH3 is 2. The van der Waals surface area contributed by atoms with Crippen molar-refractivity contribution in [2.45, 2.75) is 30.8 Å². The first-order valence-corrected chi connectivity index (χ1v) is 12.3. The molecule has 0 amide bonds. The van der Waals surface area contributed by atoms with E-state index in [1.807, 2.05) is 4.90 Å². The molecule has 0 unspecified atom stereocenters. The second-order valence-corrected chi connectivity index (χ2v) is 9.78. The zero-order valence-corrected chi connectivity index (χ0v) is 21.0. The molecule has 1 heterocycles. The fraction of sp³-hybridized carbons (Fsp3) is 0.391. The number of piperidine rings is 1. The number of hydrogen-bond acceptors (Lipinski definition) is 7. The summed E-state index contributed by atoms with van der Waals surface area (Å²) in [6.07, 6.45) is -3.11. The minimum atomic E-state index is -5.08. The van der Waals surface area contributed by atoms with E-state index >= 15 is 0 Å². The monoisotopic (exact) mass is 548 g/mol. The first-order chi connectivity index (χ1) is 17.2. The van der Waals surface area contributed by atoms with Crippen molar-refractivity contribution < 1.29 is 50.9 Å². The Kier molecular flexibility index (Phi) is 9.61. The highest BCUT2D eigenvalue weighted by Gasteiger charge is 2.38. The lowest BCUT2D eigenvalue weighted by molar-refractivity contribution is -0.192. The molecule has 0 aliphatic carbocycles. The van der Waals surface area contributed by atoms with E-state index in [2.05, 4.69) is 11.6 Å². The van der Waals surface area contributed by atoms with Crippen LogP contribution in [0.25, 0.3) is 0 Å². The van der Waals surface area contributed by atoms with E-state index in [4.69, 9.17) is 19.4 Å². The summed E-state index contributed by atoms with van der Waals surface area (Å²) in [5.41, 5.74) is 0.810. The van der Waals surface area contributed by atoms with Crippen LogP contribution in [0.15, 0.2) is 41.3 Å². The van der Waals surface area contributed by atoms with Crippen LogP contribution >= 0.6 is 0 Å². The van der Waals surface area contributed by atoms with E-state index in [-0.39, 0.29) is 21.9 Å². The molecule has 2 aromatic rings. The molecule has 3 rings (SSSR count). The Bertz CT molecular complexity index is 1230. The van der Waals surface area contributed by atoms with Crippen molar-refractivity contribution in [1.29, 1.82) is 0 Å². The summed E-state index contributed by atoms with van der Waals surface area (Å²) in [7, 11) is -1.23. The second-order valence-electron chi connectivity index (χ2n) is 8.13. The van der Waals surface area contributed by atoms with Crippen molar-refractivity contribution in [3.05, 3.63) is 42.0 Å². The van der Waals surface area contributed by atoms with Gasteiger partial charge in [-0.25, -0.2) is 18.0 Å². The predicted molar refractivity (Wildman–Crippen MR) is 128 cm³/mol. The zero-order valence-electron chi connectivity index (χ0n) is 20.2. The Labute approximate surface area is 211 Å². The summed E-state index contributed by atoms with van der Waals surface area (Å²) in [5, 5.41) is 16.8. The summed E-state index contributed by atoms with van der Waals surface area (Å²) in [6, 6.07) is 9.01. The lowest BCUT2D eigenvalue weighted by Gasteiger charge is -2.33. The molecule has 2 aromatic carbocycles. The number of sulfonamides is 1. The number of carbonyl (C=O) groups is 2. The molecule has 3 N–H and O–H groups in total. The van der Waals surface area contributed by atoms with Gasteiger partial charge in [-0.15, -0.1) is 0 Å². The number of alkyl halides is 3. The minimum Gasteiger partial charge on any atom is -0.497 e. The fourth-order valence-corrected chi connectivity index (χ4v) is 4.73. The number of carboxylic acid groups (broad SMARTS) is 2. The number of halogens is 3. The maximum atomic E-state index is 12.9. The highest BCUT2D eigenvalue weighted by Crippen LogP contribution is 2.32. The third-order valence-corrected chi connectivity index (χ3v) is 6.91. The number of ether oxygens (including phenoxy) is 2. The summed E-state index contributed by atoms with van der Waals surface area (Å²) >= 11 is 0. The van der Waals surface area contributed by atoms with Crippen LogP contribution in [0.1, 0.15) is 30.1 Å². The number of anilines is 2. The van der Waals surface area contributed by atoms with Gasteiger partial charge < -0.3 is 24.6 Å². The van der Waals surface area contributed by atoms with Gasteiger partial charge in [0.1, 0.15) is 16.4 Å². The van der Waals surface area contributed by atoms with E-state index in [1.54, 1.807) is 18.2 Å². The third-order valence-electron chi connectivity index (χ3n) is 5.51. The minimum absolute atomic E-state index is 0.0577. The molecular weight excluding hydrogens is 521 g/mol. The number of hydrogen-bond donors (Lipinski definition) is 3. The van der Waals surface area contributed by atoms with Gasteiger partial charge in [-0.3, -0.25) is 4.72 Å². The van der Waals surface area contributed by atoms with Gasteiger partial charge in [-0.2, -0.15) is 13.2 Å². The molecule has 0 aromatic heterocycles. The van der Waals surface area contributed by atoms with Crippen molar-refractivity contribution in [3.8, 4) is 11.5 Å². The van der Waals surface area contributed by atoms with E-state index in [0.717, 1.165) is 25.9 Å². The van der Waals surface area contributed by atoms with Crippen molar-refractivity contribution in [1.82, 2.24) is 0 Å². The van der Waals surface area contributed by atoms with E-state index < -0.39 is 28.1 Å². The quantitative estimate of drug-likeness (QED) is 0.467. The van der Waals surface area contributed by atoms with Crippen LogP contribution < -0.4 is 19.1 Å². The van der Waals surface area contributed by atoms with Gasteiger partial charge in [0.2, 0.25) is 0 Å². The highest BCUT2D eigenvalue weighted by atomic mass is 32.2. The van der Waals surface area contributed by atoms with Gasteiger partial charge in [0.25, 0.3) is 10.0 Å². The summed E-state index contributed by atoms with van der Waals surface area (Å²) < 4.78 is 70.4. The number of nitrogens with zero attached hydrogens (tertiary/aromatic N) is 1. The Morgan fingerprint density at radius 1 is 1.03 bits per heavy atom. The normalized spacial score (nSPS) is 14.3. The fourth-order valence-electron chi connectivity index (χ4n) is 3.50. The Morgan fingerprint density at radius 3 is 2.11 bits per heavy atom. The summed E-state index contributed by atoms with van der Waals surface area (Å²) in [6.45, 7) is 3.72. The molecule has 0 radical (unpaired) electrons. The Morgan fingerprint density at radius 2 is 1.62 bits per heavy atom. The molecule has 1 aliphatic rings. The van der Waals surface area contributed by atoms with Gasteiger partial charge in [0.05, 0.1) is 25.5 Å². The van der Waals surface area contributed by atoms with Gasteiger partial charge in [-0.05, 0) is 49.1 Å². The lowest BCUT2D eigenvalue weighted by Crippen LogP contribution is -2.33. The SMILES string of the molecule is COc1ccc(OC)c(S(=O)(=O)Nc2ccc(N3CCC(C)CC3)c(C(=O)O)c2)c1.O=C(O)C(F)(F)F. The van der Waals surface area contributed by atoms with Crippen LogP contribution in [-0.2, 0) is 14.8 Å². The molecule has 1 aliphatic heterocycles. The van der Waals surface area contributed by atoms with Crippen LogP contribution in [0, 0.1) is 5.92 Å². The maximum absolute atomic E-state index is 12.9. The number of nitrogens with one attached hydrogen (secondary N) is 1. The second kappa shape index (κ2) is 12.0. The molecule has 0 atom stereocenters. The molecule has 37 heavy (non-hydrogen) atoms. The first-order valence-electron chi connectivity index (χ1n) is 10.9. The average molecular weight is 549 g/mol. The largest absolute Gasteiger partial charge is 0.497 e. The highest BCUT2D eigenvalue weighted by molar-refractivity contribution is 7.92. The molecule has 204 valence electrons. The van der Waals surface area contributed by atoms with Crippen LogP contribution in [0.5, 0.6) is 11.5 Å². The average Bonchev–Trinajstić information content (AvgIpc) is 2.83. The molecule has 1 saturated heterocycles. The standard InChI is InChI=1S/C21H26N2O6S.C2HF3O2/c1-14-8-10-23(11-9-14)18-6-4-15(12-17(18)21(24)25)22-30(26,27)20-13-16(28-2)5-7-19(20)29-3;3-2(4,5)1(6)7/h4-7,12-14,22H,8-11H2,1-3H3,(H,24,25);(H,6,7). The van der Waals surface area contributed by atoms with Gasteiger partial charge in [0.15, 0.2) is 0 Å². The maximum Gasteiger partial charge on any atom is 0.490 e. The van der Waals surface area contributed by atoms with Crippen LogP contribution in [0.3, 0.4) is 0 Å². The summed E-state index contributed by atoms with van der Waals surface area (Å²) in [5.74, 6) is -2.74. The number of carboxylic acids is 2. The van der Waals surface area contributed by atoms with E-state index in [0.29, 0.717) is 17.4 Å². The van der Waals surface area contributed by atoms with Crippen LogP contribution in [0.2, 0.25) is 0 Å². The molecule has 0 saturated carbocycles. The number of aliphatic carboxylic acids is 1. The van der Waals surface area contributed by atoms with Crippen molar-refractivity contribution in [3.63, 3.8) is 0 Å². The van der Waals surface area contributed by atoms with Crippen molar-refractivity contribution in [2.75, 3.05) is 36.9 Å². The molecule has 0 bridgehead atoms.